The Kier molecular flexibility index (Phi) is 6.74. The lowest BCUT2D eigenvalue weighted by atomic mass is 10.0. The SMILES string of the molecule is NC(=O)C(=O)C(Cc1cccnc1)N(Cl)C(=O)c1cccnc1-n1ccc(-c2ccccc2)n1. The Morgan fingerprint density at radius 2 is 1.76 bits per heavy atom. The second kappa shape index (κ2) is 10.1. The molecule has 34 heavy (non-hydrogen) atoms. The highest BCUT2D eigenvalue weighted by Crippen LogP contribution is 2.22. The number of nitrogens with zero attached hydrogens (tertiary/aromatic N) is 5. The van der Waals surface area contributed by atoms with Crippen molar-refractivity contribution in [2.75, 3.05) is 0 Å². The van der Waals surface area contributed by atoms with Crippen molar-refractivity contribution in [2.24, 2.45) is 5.73 Å². The van der Waals surface area contributed by atoms with Crippen LogP contribution in [0.5, 0.6) is 0 Å². The standard InChI is InChI=1S/C24H19ClN6O3/c25-31(20(21(32)22(26)33)14-16-6-4-11-27-15-16)24(34)18-9-5-12-28-23(18)30-13-10-19(29-30)17-7-2-1-3-8-17/h1-13,15,20H,14H2,(H2,26,33). The van der Waals surface area contributed by atoms with Crippen LogP contribution in [0.15, 0.2) is 85.5 Å². The third-order valence-corrected chi connectivity index (χ3v) is 5.45. The minimum Gasteiger partial charge on any atom is -0.363 e. The summed E-state index contributed by atoms with van der Waals surface area (Å²) in [5.41, 5.74) is 7.50. The fraction of sp³-hybridized carbons (Fsp3) is 0.0833. The number of Topliss-reactive ketones (excluding diaryl/α,β-unsaturated/α-hetero) is 1. The molecule has 0 radical (unpaired) electrons. The maximum Gasteiger partial charge on any atom is 0.287 e. The number of nitrogens with two attached hydrogens (primary N) is 1. The molecule has 1 aromatic carbocycles. The quantitative estimate of drug-likeness (QED) is 0.309. The van der Waals surface area contributed by atoms with Crippen LogP contribution in [0.4, 0.5) is 0 Å². The van der Waals surface area contributed by atoms with Gasteiger partial charge in [0.2, 0.25) is 5.78 Å². The largest absolute Gasteiger partial charge is 0.363 e. The van der Waals surface area contributed by atoms with Crippen LogP contribution >= 0.6 is 11.8 Å². The van der Waals surface area contributed by atoms with Gasteiger partial charge >= 0.3 is 0 Å². The van der Waals surface area contributed by atoms with Gasteiger partial charge in [-0.25, -0.2) is 14.1 Å². The van der Waals surface area contributed by atoms with Gasteiger partial charge in [-0.3, -0.25) is 19.4 Å². The van der Waals surface area contributed by atoms with Gasteiger partial charge in [-0.15, -0.1) is 0 Å². The number of amides is 2. The molecule has 10 heteroatoms. The Labute approximate surface area is 199 Å². The summed E-state index contributed by atoms with van der Waals surface area (Å²) in [4.78, 5) is 45.8. The zero-order valence-electron chi connectivity index (χ0n) is 17.8. The van der Waals surface area contributed by atoms with Crippen molar-refractivity contribution in [1.29, 1.82) is 0 Å². The van der Waals surface area contributed by atoms with Crippen LogP contribution in [0.2, 0.25) is 0 Å². The van der Waals surface area contributed by atoms with Crippen molar-refractivity contribution >= 4 is 29.4 Å². The Bertz CT molecular complexity index is 1330. The van der Waals surface area contributed by atoms with E-state index in [1.165, 1.54) is 23.1 Å². The van der Waals surface area contributed by atoms with Gasteiger partial charge in [-0.2, -0.15) is 5.10 Å². The van der Waals surface area contributed by atoms with Gasteiger partial charge in [0, 0.05) is 48.5 Å². The molecule has 4 rings (SSSR count). The van der Waals surface area contributed by atoms with E-state index in [0.717, 1.165) is 5.56 Å². The third-order valence-electron chi connectivity index (χ3n) is 5.06. The van der Waals surface area contributed by atoms with E-state index < -0.39 is 23.6 Å². The molecule has 3 aromatic heterocycles. The van der Waals surface area contributed by atoms with Crippen molar-refractivity contribution in [3.63, 3.8) is 0 Å². The van der Waals surface area contributed by atoms with E-state index in [0.29, 0.717) is 15.7 Å². The Hall–Kier alpha value is -4.37. The van der Waals surface area contributed by atoms with Gasteiger partial charge in [0.1, 0.15) is 6.04 Å². The van der Waals surface area contributed by atoms with Gasteiger partial charge in [0.05, 0.1) is 11.3 Å². The Morgan fingerprint density at radius 1 is 1.00 bits per heavy atom. The second-order valence-corrected chi connectivity index (χ2v) is 7.68. The first kappa shape index (κ1) is 22.8. The predicted molar refractivity (Wildman–Crippen MR) is 125 cm³/mol. The van der Waals surface area contributed by atoms with Gasteiger partial charge < -0.3 is 5.73 Å². The zero-order valence-corrected chi connectivity index (χ0v) is 18.5. The summed E-state index contributed by atoms with van der Waals surface area (Å²) in [7, 11) is 0. The number of ketones is 1. The fourth-order valence-corrected chi connectivity index (χ4v) is 3.64. The Morgan fingerprint density at radius 3 is 2.47 bits per heavy atom. The molecule has 9 nitrogen and oxygen atoms in total. The minimum absolute atomic E-state index is 0.0413. The average Bonchev–Trinajstić information content (AvgIpc) is 3.37. The molecule has 1 atom stereocenters. The minimum atomic E-state index is -1.33. The summed E-state index contributed by atoms with van der Waals surface area (Å²) in [6, 6.07) is 16.4. The summed E-state index contributed by atoms with van der Waals surface area (Å²) in [5, 5.41) is 4.52. The van der Waals surface area contributed by atoms with E-state index in [1.54, 1.807) is 36.7 Å². The molecule has 2 N–H and O–H groups in total. The highest BCUT2D eigenvalue weighted by Gasteiger charge is 2.34. The maximum atomic E-state index is 13.4. The first-order valence-electron chi connectivity index (χ1n) is 10.2. The number of pyridine rings is 2. The highest BCUT2D eigenvalue weighted by molar-refractivity contribution is 6.40. The van der Waals surface area contributed by atoms with Gasteiger partial charge in [0.15, 0.2) is 5.82 Å². The number of carbonyl (C=O) groups excluding carboxylic acids is 3. The Balaban J connectivity index is 1.66. The third kappa shape index (κ3) is 4.84. The van der Waals surface area contributed by atoms with Crippen LogP contribution < -0.4 is 5.73 Å². The summed E-state index contributed by atoms with van der Waals surface area (Å²) in [5.74, 6) is -2.71. The van der Waals surface area contributed by atoms with E-state index in [2.05, 4.69) is 15.1 Å². The van der Waals surface area contributed by atoms with Crippen LogP contribution in [0.3, 0.4) is 0 Å². The molecule has 0 spiro atoms. The molecule has 0 saturated carbocycles. The summed E-state index contributed by atoms with van der Waals surface area (Å²) < 4.78 is 2.13. The van der Waals surface area contributed by atoms with E-state index in [9.17, 15) is 14.4 Å². The molecule has 0 bridgehead atoms. The molecule has 170 valence electrons. The number of carbonyl (C=O) groups is 3. The van der Waals surface area contributed by atoms with E-state index >= 15 is 0 Å². The number of primary amides is 1. The molecule has 0 saturated heterocycles. The number of rotatable bonds is 8. The van der Waals surface area contributed by atoms with E-state index in [4.69, 9.17) is 17.5 Å². The monoisotopic (exact) mass is 474 g/mol. The number of hydrogen-bond acceptors (Lipinski definition) is 6. The number of aromatic nitrogens is 4. The first-order chi connectivity index (χ1) is 16.5. The molecule has 0 aliphatic carbocycles. The predicted octanol–water partition coefficient (Wildman–Crippen LogP) is 2.59. The van der Waals surface area contributed by atoms with Crippen LogP contribution in [0.1, 0.15) is 15.9 Å². The van der Waals surface area contributed by atoms with Crippen molar-refractivity contribution in [2.45, 2.75) is 12.5 Å². The lowest BCUT2D eigenvalue weighted by Crippen LogP contribution is -2.46. The van der Waals surface area contributed by atoms with Crippen molar-refractivity contribution in [3.8, 4) is 17.1 Å². The van der Waals surface area contributed by atoms with Crippen molar-refractivity contribution in [1.82, 2.24) is 24.2 Å². The number of benzene rings is 1. The van der Waals surface area contributed by atoms with Gasteiger partial charge in [-0.1, -0.05) is 36.4 Å². The van der Waals surface area contributed by atoms with Gasteiger partial charge in [0.25, 0.3) is 11.8 Å². The molecular formula is C24H19ClN6O3. The molecule has 0 aliphatic rings. The number of halogens is 1. The first-order valence-corrected chi connectivity index (χ1v) is 10.6. The lowest BCUT2D eigenvalue weighted by molar-refractivity contribution is -0.137. The summed E-state index contributed by atoms with van der Waals surface area (Å²) in [6.45, 7) is 0. The molecule has 4 aromatic rings. The smallest absolute Gasteiger partial charge is 0.287 e. The van der Waals surface area contributed by atoms with Crippen molar-refractivity contribution < 1.29 is 14.4 Å². The molecule has 0 fully saturated rings. The highest BCUT2D eigenvalue weighted by atomic mass is 35.5. The molecule has 3 heterocycles. The van der Waals surface area contributed by atoms with Crippen LogP contribution in [0.25, 0.3) is 17.1 Å². The lowest BCUT2D eigenvalue weighted by Gasteiger charge is -2.24. The van der Waals surface area contributed by atoms with Crippen LogP contribution in [-0.4, -0.2) is 47.8 Å². The fourth-order valence-electron chi connectivity index (χ4n) is 3.39. The zero-order chi connectivity index (χ0) is 24.1. The maximum absolute atomic E-state index is 13.4. The molecule has 2 amide bonds. The molecule has 1 unspecified atom stereocenters. The van der Waals surface area contributed by atoms with Crippen molar-refractivity contribution in [3.05, 3.63) is 96.6 Å². The van der Waals surface area contributed by atoms with E-state index in [1.807, 2.05) is 30.3 Å². The second-order valence-electron chi connectivity index (χ2n) is 7.31. The topological polar surface area (TPSA) is 124 Å². The number of hydrogen-bond donors (Lipinski definition) is 1. The average molecular weight is 475 g/mol. The molecule has 0 aliphatic heterocycles. The van der Waals surface area contributed by atoms with Gasteiger partial charge in [-0.05, 0) is 29.8 Å². The van der Waals surface area contributed by atoms with E-state index in [-0.39, 0.29) is 17.8 Å². The van der Waals surface area contributed by atoms with Crippen LogP contribution in [-0.2, 0) is 16.0 Å². The summed E-state index contributed by atoms with van der Waals surface area (Å²) >= 11 is 6.36. The molecular weight excluding hydrogens is 456 g/mol. The summed E-state index contributed by atoms with van der Waals surface area (Å²) in [6.07, 6.45) is 6.22. The normalized spacial score (nSPS) is 11.6. The van der Waals surface area contributed by atoms with Crippen LogP contribution in [0, 0.1) is 0 Å².